The number of hydrogen-bond acceptors (Lipinski definition) is 4. The lowest BCUT2D eigenvalue weighted by Gasteiger charge is -2.04. The van der Waals surface area contributed by atoms with Crippen LogP contribution in [0, 0.1) is 11.3 Å². The molecule has 15 heavy (non-hydrogen) atoms. The van der Waals surface area contributed by atoms with Crippen LogP contribution in [-0.4, -0.2) is 31.2 Å². The molecular formula is C10H11N3O2. The highest BCUT2D eigenvalue weighted by Crippen LogP contribution is 2.04. The van der Waals surface area contributed by atoms with Crippen molar-refractivity contribution >= 4 is 5.91 Å². The second-order valence-electron chi connectivity index (χ2n) is 2.78. The minimum absolute atomic E-state index is 0.288. The first-order valence-electron chi connectivity index (χ1n) is 4.41. The highest BCUT2D eigenvalue weighted by molar-refractivity contribution is 5.96. The van der Waals surface area contributed by atoms with Crippen molar-refractivity contribution in [3.63, 3.8) is 0 Å². The maximum absolute atomic E-state index is 11.5. The molecular weight excluding hydrogens is 194 g/mol. The molecule has 5 heteroatoms. The molecule has 0 aliphatic carbocycles. The van der Waals surface area contributed by atoms with Crippen LogP contribution in [-0.2, 0) is 4.74 Å². The van der Waals surface area contributed by atoms with Crippen LogP contribution in [0.3, 0.4) is 0 Å². The molecule has 1 rings (SSSR count). The molecule has 1 heterocycles. The van der Waals surface area contributed by atoms with Crippen molar-refractivity contribution < 1.29 is 9.53 Å². The molecule has 0 atom stereocenters. The Morgan fingerprint density at radius 2 is 2.53 bits per heavy atom. The summed E-state index contributed by atoms with van der Waals surface area (Å²) in [6.45, 7) is 0.850. The van der Waals surface area contributed by atoms with E-state index in [1.807, 2.05) is 6.07 Å². The zero-order chi connectivity index (χ0) is 11.1. The van der Waals surface area contributed by atoms with Gasteiger partial charge in [0.15, 0.2) is 0 Å². The molecule has 0 radical (unpaired) electrons. The topological polar surface area (TPSA) is 75.0 Å². The molecule has 0 saturated heterocycles. The third kappa shape index (κ3) is 3.04. The first kappa shape index (κ1) is 11.1. The van der Waals surface area contributed by atoms with Gasteiger partial charge in [-0.15, -0.1) is 0 Å². The smallest absolute Gasteiger partial charge is 0.254 e. The van der Waals surface area contributed by atoms with Gasteiger partial charge in [-0.1, -0.05) is 0 Å². The van der Waals surface area contributed by atoms with Gasteiger partial charge in [-0.3, -0.25) is 9.78 Å². The van der Waals surface area contributed by atoms with E-state index in [0.717, 1.165) is 0 Å². The van der Waals surface area contributed by atoms with Crippen molar-refractivity contribution in [2.45, 2.75) is 0 Å². The Hall–Kier alpha value is -1.93. The average molecular weight is 205 g/mol. The molecule has 5 nitrogen and oxygen atoms in total. The van der Waals surface area contributed by atoms with E-state index in [0.29, 0.717) is 18.7 Å². The normalized spacial score (nSPS) is 9.33. The van der Waals surface area contributed by atoms with E-state index in [1.165, 1.54) is 18.5 Å². The van der Waals surface area contributed by atoms with Crippen LogP contribution in [0.25, 0.3) is 0 Å². The zero-order valence-electron chi connectivity index (χ0n) is 8.36. The standard InChI is InChI=1S/C10H11N3O2/c1-15-5-4-13-10(14)9-7-12-3-2-8(9)6-11/h2-3,7H,4-5H2,1H3,(H,13,14). The van der Waals surface area contributed by atoms with Gasteiger partial charge in [0, 0.05) is 26.0 Å². The molecule has 0 aliphatic heterocycles. The average Bonchev–Trinajstić information content (AvgIpc) is 2.29. The van der Waals surface area contributed by atoms with Gasteiger partial charge in [0.25, 0.3) is 5.91 Å². The number of nitrogens with zero attached hydrogens (tertiary/aromatic N) is 2. The van der Waals surface area contributed by atoms with Crippen molar-refractivity contribution in [3.05, 3.63) is 29.6 Å². The van der Waals surface area contributed by atoms with Gasteiger partial charge in [0.1, 0.15) is 6.07 Å². The lowest BCUT2D eigenvalue weighted by Crippen LogP contribution is -2.27. The highest BCUT2D eigenvalue weighted by atomic mass is 16.5. The third-order valence-electron chi connectivity index (χ3n) is 1.78. The molecule has 0 aliphatic rings. The first-order chi connectivity index (χ1) is 7.29. The quantitative estimate of drug-likeness (QED) is 0.719. The number of aromatic nitrogens is 1. The summed E-state index contributed by atoms with van der Waals surface area (Å²) in [5.41, 5.74) is 0.607. The third-order valence-corrected chi connectivity index (χ3v) is 1.78. The summed E-state index contributed by atoms with van der Waals surface area (Å²) in [5.74, 6) is -0.309. The second kappa shape index (κ2) is 5.73. The number of hydrogen-bond donors (Lipinski definition) is 1. The number of ether oxygens (including phenoxy) is 1. The molecule has 1 amide bonds. The van der Waals surface area contributed by atoms with Crippen LogP contribution in [0.2, 0.25) is 0 Å². The van der Waals surface area contributed by atoms with Gasteiger partial charge < -0.3 is 10.1 Å². The summed E-state index contributed by atoms with van der Waals surface area (Å²) in [5, 5.41) is 11.4. The fraction of sp³-hybridized carbons (Fsp3) is 0.300. The van der Waals surface area contributed by atoms with Crippen molar-refractivity contribution in [1.82, 2.24) is 10.3 Å². The van der Waals surface area contributed by atoms with E-state index in [4.69, 9.17) is 10.00 Å². The molecule has 78 valence electrons. The molecule has 0 fully saturated rings. The summed E-state index contributed by atoms with van der Waals surface area (Å²) in [6.07, 6.45) is 2.85. The van der Waals surface area contributed by atoms with Crippen molar-refractivity contribution in [1.29, 1.82) is 5.26 Å². The summed E-state index contributed by atoms with van der Waals surface area (Å²) in [4.78, 5) is 15.3. The van der Waals surface area contributed by atoms with Crippen molar-refractivity contribution in [2.24, 2.45) is 0 Å². The van der Waals surface area contributed by atoms with E-state index in [1.54, 1.807) is 7.11 Å². The van der Waals surface area contributed by atoms with Crippen molar-refractivity contribution in [2.75, 3.05) is 20.3 Å². The maximum Gasteiger partial charge on any atom is 0.254 e. The lowest BCUT2D eigenvalue weighted by atomic mass is 10.1. The van der Waals surface area contributed by atoms with E-state index >= 15 is 0 Å². The molecule has 1 aromatic rings. The first-order valence-corrected chi connectivity index (χ1v) is 4.41. The van der Waals surface area contributed by atoms with Gasteiger partial charge in [-0.2, -0.15) is 5.26 Å². The number of nitrogens with one attached hydrogen (secondary N) is 1. The molecule has 0 unspecified atom stereocenters. The molecule has 0 saturated carbocycles. The van der Waals surface area contributed by atoms with E-state index in [9.17, 15) is 4.79 Å². The maximum atomic E-state index is 11.5. The van der Waals surface area contributed by atoms with Crippen LogP contribution in [0.1, 0.15) is 15.9 Å². The van der Waals surface area contributed by atoms with E-state index in [-0.39, 0.29) is 11.5 Å². The van der Waals surface area contributed by atoms with Gasteiger partial charge in [0.05, 0.1) is 17.7 Å². The van der Waals surface area contributed by atoms with Crippen LogP contribution in [0.15, 0.2) is 18.5 Å². The Bertz CT molecular complexity index is 384. The Kier molecular flexibility index (Phi) is 4.26. The number of carbonyl (C=O) groups excluding carboxylic acids is 1. The number of pyridine rings is 1. The molecule has 0 aromatic carbocycles. The number of methoxy groups -OCH3 is 1. The number of rotatable bonds is 4. The van der Waals surface area contributed by atoms with E-state index in [2.05, 4.69) is 10.3 Å². The Labute approximate surface area is 87.7 Å². The predicted octanol–water partition coefficient (Wildman–Crippen LogP) is 0.329. The molecule has 0 spiro atoms. The zero-order valence-corrected chi connectivity index (χ0v) is 8.36. The largest absolute Gasteiger partial charge is 0.383 e. The molecule has 1 N–H and O–H groups in total. The van der Waals surface area contributed by atoms with Gasteiger partial charge >= 0.3 is 0 Å². The summed E-state index contributed by atoms with van der Waals surface area (Å²) in [6, 6.07) is 3.44. The minimum Gasteiger partial charge on any atom is -0.383 e. The Morgan fingerprint density at radius 1 is 1.73 bits per heavy atom. The van der Waals surface area contributed by atoms with Gasteiger partial charge in [-0.25, -0.2) is 0 Å². The molecule has 1 aromatic heterocycles. The fourth-order valence-corrected chi connectivity index (χ4v) is 1.03. The van der Waals surface area contributed by atoms with Crippen molar-refractivity contribution in [3.8, 4) is 6.07 Å². The Morgan fingerprint density at radius 3 is 3.20 bits per heavy atom. The lowest BCUT2D eigenvalue weighted by molar-refractivity contribution is 0.0936. The number of carbonyl (C=O) groups is 1. The second-order valence-corrected chi connectivity index (χ2v) is 2.78. The summed E-state index contributed by atoms with van der Waals surface area (Å²) < 4.78 is 4.79. The number of nitriles is 1. The SMILES string of the molecule is COCCNC(=O)c1cnccc1C#N. The van der Waals surface area contributed by atoms with Crippen LogP contribution >= 0.6 is 0 Å². The minimum atomic E-state index is -0.309. The van der Waals surface area contributed by atoms with Gasteiger partial charge in [-0.05, 0) is 6.07 Å². The van der Waals surface area contributed by atoms with Gasteiger partial charge in [0.2, 0.25) is 0 Å². The highest BCUT2D eigenvalue weighted by Gasteiger charge is 2.09. The summed E-state index contributed by atoms with van der Waals surface area (Å²) >= 11 is 0. The Balaban J connectivity index is 2.70. The predicted molar refractivity (Wildman–Crippen MR) is 53.2 cm³/mol. The summed E-state index contributed by atoms with van der Waals surface area (Å²) in [7, 11) is 1.55. The molecule has 0 bridgehead atoms. The van der Waals surface area contributed by atoms with E-state index < -0.39 is 0 Å². The monoisotopic (exact) mass is 205 g/mol. The van der Waals surface area contributed by atoms with Crippen LogP contribution in [0.5, 0.6) is 0 Å². The fourth-order valence-electron chi connectivity index (χ4n) is 1.03. The number of amides is 1. The van der Waals surface area contributed by atoms with Crippen LogP contribution < -0.4 is 5.32 Å². The van der Waals surface area contributed by atoms with Crippen LogP contribution in [0.4, 0.5) is 0 Å².